The van der Waals surface area contributed by atoms with Crippen molar-refractivity contribution in [3.05, 3.63) is 22.3 Å². The number of likely N-dealkylation sites (tertiary alicyclic amines) is 1. The monoisotopic (exact) mass is 321 g/mol. The fourth-order valence-electron chi connectivity index (χ4n) is 2.55. The molecular weight excluding hydrogens is 302 g/mol. The normalized spacial score (nSPS) is 16.5. The van der Waals surface area contributed by atoms with Crippen molar-refractivity contribution in [3.63, 3.8) is 0 Å². The van der Waals surface area contributed by atoms with E-state index in [4.69, 9.17) is 4.52 Å². The van der Waals surface area contributed by atoms with Crippen LogP contribution in [0.25, 0.3) is 0 Å². The van der Waals surface area contributed by atoms with Crippen LogP contribution in [0.4, 0.5) is 0 Å². The third kappa shape index (κ3) is 2.87. The molecule has 0 unspecified atom stereocenters. The van der Waals surface area contributed by atoms with Gasteiger partial charge in [-0.2, -0.15) is 4.98 Å². The summed E-state index contributed by atoms with van der Waals surface area (Å²) in [5.41, 5.74) is 0.704. The first-order valence-electron chi connectivity index (χ1n) is 7.48. The first-order valence-corrected chi connectivity index (χ1v) is 8.25. The zero-order valence-electron chi connectivity index (χ0n) is 12.9. The molecule has 1 amide bonds. The van der Waals surface area contributed by atoms with Gasteiger partial charge in [-0.3, -0.25) is 4.79 Å². The molecule has 0 bridgehead atoms. The van der Waals surface area contributed by atoms with Crippen molar-refractivity contribution in [2.24, 2.45) is 0 Å². The molecule has 0 aliphatic carbocycles. The van der Waals surface area contributed by atoms with Crippen LogP contribution < -0.4 is 0 Å². The van der Waals surface area contributed by atoms with Gasteiger partial charge in [-0.25, -0.2) is 0 Å². The van der Waals surface area contributed by atoms with Crippen molar-refractivity contribution in [1.29, 1.82) is 0 Å². The maximum Gasteiger partial charge on any atom is 0.267 e. The van der Waals surface area contributed by atoms with E-state index in [1.54, 1.807) is 0 Å². The van der Waals surface area contributed by atoms with E-state index in [2.05, 4.69) is 19.7 Å². The number of carbonyl (C=O) groups is 1. The van der Waals surface area contributed by atoms with E-state index in [1.165, 1.54) is 0 Å². The van der Waals surface area contributed by atoms with Crippen LogP contribution in [0.3, 0.4) is 0 Å². The van der Waals surface area contributed by atoms with Crippen LogP contribution in [0, 0.1) is 6.92 Å². The van der Waals surface area contributed by atoms with Crippen molar-refractivity contribution in [3.8, 4) is 0 Å². The van der Waals surface area contributed by atoms with Crippen molar-refractivity contribution in [2.75, 3.05) is 13.1 Å². The maximum absolute atomic E-state index is 12.4. The van der Waals surface area contributed by atoms with E-state index >= 15 is 0 Å². The SMILES string of the molecule is Cc1nnsc1C(=O)N1CCC(c2nc(C(C)C)no2)CC1. The summed E-state index contributed by atoms with van der Waals surface area (Å²) < 4.78 is 9.20. The standard InChI is InChI=1S/C14H19N5O2S/c1-8(2)12-15-13(21-17-12)10-4-6-19(7-5-10)14(20)11-9(3)16-18-22-11/h8,10H,4-7H2,1-3H3. The molecule has 3 heterocycles. The van der Waals surface area contributed by atoms with Crippen LogP contribution in [-0.4, -0.2) is 43.6 Å². The number of rotatable bonds is 3. The fourth-order valence-corrected chi connectivity index (χ4v) is 3.17. The average Bonchev–Trinajstić information content (AvgIpc) is 3.15. The van der Waals surface area contributed by atoms with Gasteiger partial charge in [0.1, 0.15) is 4.88 Å². The Morgan fingerprint density at radius 2 is 2.09 bits per heavy atom. The Morgan fingerprint density at radius 3 is 2.64 bits per heavy atom. The minimum Gasteiger partial charge on any atom is -0.339 e. The topological polar surface area (TPSA) is 85.0 Å². The van der Waals surface area contributed by atoms with E-state index in [-0.39, 0.29) is 17.7 Å². The number of piperidine rings is 1. The molecule has 2 aromatic rings. The summed E-state index contributed by atoms with van der Waals surface area (Å²) in [6.45, 7) is 7.29. The Labute approximate surface area is 132 Å². The molecule has 1 fully saturated rings. The van der Waals surface area contributed by atoms with Gasteiger partial charge < -0.3 is 9.42 Å². The highest BCUT2D eigenvalue weighted by atomic mass is 32.1. The van der Waals surface area contributed by atoms with E-state index in [0.29, 0.717) is 29.6 Å². The predicted molar refractivity (Wildman–Crippen MR) is 80.9 cm³/mol. The van der Waals surface area contributed by atoms with Gasteiger partial charge in [-0.05, 0) is 31.3 Å². The van der Waals surface area contributed by atoms with Gasteiger partial charge in [0.15, 0.2) is 5.82 Å². The number of hydrogen-bond donors (Lipinski definition) is 0. The molecule has 0 radical (unpaired) electrons. The van der Waals surface area contributed by atoms with E-state index in [0.717, 1.165) is 30.2 Å². The molecule has 0 atom stereocenters. The van der Waals surface area contributed by atoms with Gasteiger partial charge in [-0.15, -0.1) is 5.10 Å². The van der Waals surface area contributed by atoms with Crippen molar-refractivity contribution >= 4 is 17.4 Å². The van der Waals surface area contributed by atoms with Crippen molar-refractivity contribution in [1.82, 2.24) is 24.6 Å². The Hall–Kier alpha value is -1.83. The molecule has 3 rings (SSSR count). The van der Waals surface area contributed by atoms with E-state index in [1.807, 2.05) is 25.7 Å². The lowest BCUT2D eigenvalue weighted by Crippen LogP contribution is -2.37. The summed E-state index contributed by atoms with van der Waals surface area (Å²) in [5.74, 6) is 1.98. The lowest BCUT2D eigenvalue weighted by molar-refractivity contribution is 0.0708. The molecule has 8 heteroatoms. The summed E-state index contributed by atoms with van der Waals surface area (Å²) in [4.78, 5) is 19.4. The minimum atomic E-state index is 0.0272. The second-order valence-corrected chi connectivity index (χ2v) is 6.65. The summed E-state index contributed by atoms with van der Waals surface area (Å²) in [5, 5.41) is 7.92. The van der Waals surface area contributed by atoms with Crippen LogP contribution in [0.5, 0.6) is 0 Å². The number of aryl methyl sites for hydroxylation is 1. The van der Waals surface area contributed by atoms with Gasteiger partial charge in [0.05, 0.1) is 5.69 Å². The smallest absolute Gasteiger partial charge is 0.267 e. The third-order valence-corrected chi connectivity index (χ3v) is 4.77. The molecule has 1 aliphatic rings. The van der Waals surface area contributed by atoms with Crippen LogP contribution >= 0.6 is 11.5 Å². The number of nitrogens with zero attached hydrogens (tertiary/aromatic N) is 5. The summed E-state index contributed by atoms with van der Waals surface area (Å²) in [6, 6.07) is 0. The van der Waals surface area contributed by atoms with Crippen LogP contribution in [0.1, 0.15) is 65.6 Å². The lowest BCUT2D eigenvalue weighted by Gasteiger charge is -2.30. The van der Waals surface area contributed by atoms with Crippen LogP contribution in [-0.2, 0) is 0 Å². The first-order chi connectivity index (χ1) is 10.6. The van der Waals surface area contributed by atoms with Crippen LogP contribution in [0.2, 0.25) is 0 Å². The van der Waals surface area contributed by atoms with Crippen molar-refractivity contribution in [2.45, 2.75) is 45.4 Å². The summed E-state index contributed by atoms with van der Waals surface area (Å²) >= 11 is 1.16. The Bertz CT molecular complexity index is 658. The Balaban J connectivity index is 1.62. The second-order valence-electron chi connectivity index (χ2n) is 5.90. The number of amides is 1. The highest BCUT2D eigenvalue weighted by Crippen LogP contribution is 2.28. The molecule has 1 saturated heterocycles. The number of hydrogen-bond acceptors (Lipinski definition) is 7. The first kappa shape index (κ1) is 15.1. The van der Waals surface area contributed by atoms with Gasteiger partial charge >= 0.3 is 0 Å². The minimum absolute atomic E-state index is 0.0272. The molecule has 0 aromatic carbocycles. The molecule has 7 nitrogen and oxygen atoms in total. The molecule has 0 N–H and O–H groups in total. The molecular formula is C14H19N5O2S. The maximum atomic E-state index is 12.4. The van der Waals surface area contributed by atoms with E-state index < -0.39 is 0 Å². The van der Waals surface area contributed by atoms with Gasteiger partial charge in [0.25, 0.3) is 5.91 Å². The molecule has 0 spiro atoms. The van der Waals surface area contributed by atoms with Crippen molar-refractivity contribution < 1.29 is 9.32 Å². The number of carbonyl (C=O) groups excluding carboxylic acids is 1. The Morgan fingerprint density at radius 1 is 1.36 bits per heavy atom. The molecule has 2 aromatic heterocycles. The summed E-state index contributed by atoms with van der Waals surface area (Å²) in [6.07, 6.45) is 1.69. The highest BCUT2D eigenvalue weighted by Gasteiger charge is 2.29. The molecule has 1 aliphatic heterocycles. The largest absolute Gasteiger partial charge is 0.339 e. The zero-order valence-corrected chi connectivity index (χ0v) is 13.8. The Kier molecular flexibility index (Phi) is 4.19. The van der Waals surface area contributed by atoms with Crippen LogP contribution in [0.15, 0.2) is 4.52 Å². The van der Waals surface area contributed by atoms with Gasteiger partial charge in [0.2, 0.25) is 5.89 Å². The second kappa shape index (κ2) is 6.12. The highest BCUT2D eigenvalue weighted by molar-refractivity contribution is 7.07. The van der Waals surface area contributed by atoms with Gasteiger partial charge in [0, 0.05) is 24.9 Å². The average molecular weight is 321 g/mol. The third-order valence-electron chi connectivity index (χ3n) is 3.95. The van der Waals surface area contributed by atoms with E-state index in [9.17, 15) is 4.79 Å². The fraction of sp³-hybridized carbons (Fsp3) is 0.643. The zero-order chi connectivity index (χ0) is 15.7. The lowest BCUT2D eigenvalue weighted by atomic mass is 9.96. The van der Waals surface area contributed by atoms with Gasteiger partial charge in [-0.1, -0.05) is 23.5 Å². The number of aromatic nitrogens is 4. The predicted octanol–water partition coefficient (Wildman–Crippen LogP) is 2.37. The molecule has 22 heavy (non-hydrogen) atoms. The summed E-state index contributed by atoms with van der Waals surface area (Å²) in [7, 11) is 0. The molecule has 118 valence electrons. The molecule has 0 saturated carbocycles. The quantitative estimate of drug-likeness (QED) is 0.863.